The summed E-state index contributed by atoms with van der Waals surface area (Å²) < 4.78 is 0.701. The highest BCUT2D eigenvalue weighted by molar-refractivity contribution is 9.10. The van der Waals surface area contributed by atoms with Gasteiger partial charge in [0, 0.05) is 18.5 Å². The van der Waals surface area contributed by atoms with Gasteiger partial charge in [0.2, 0.25) is 11.6 Å². The van der Waals surface area contributed by atoms with Gasteiger partial charge < -0.3 is 5.11 Å². The van der Waals surface area contributed by atoms with E-state index in [4.69, 9.17) is 5.11 Å². The van der Waals surface area contributed by atoms with E-state index in [-0.39, 0.29) is 5.82 Å². The Labute approximate surface area is 77.1 Å². The van der Waals surface area contributed by atoms with Crippen LogP contribution in [0.4, 0.5) is 0 Å². The minimum absolute atomic E-state index is 0.0588. The molecule has 0 saturated heterocycles. The van der Waals surface area contributed by atoms with Crippen LogP contribution in [0.1, 0.15) is 10.6 Å². The highest BCUT2D eigenvalue weighted by Crippen LogP contribution is 2.04. The number of carbonyl (C=O) groups excluding carboxylic acids is 1. The lowest BCUT2D eigenvalue weighted by Crippen LogP contribution is -2.01. The maximum Gasteiger partial charge on any atom is 0.226 e. The Kier molecular flexibility index (Phi) is 2.93. The van der Waals surface area contributed by atoms with E-state index < -0.39 is 5.78 Å². The zero-order chi connectivity index (χ0) is 8.97. The molecule has 0 aliphatic rings. The van der Waals surface area contributed by atoms with E-state index in [9.17, 15) is 4.79 Å². The molecular weight excluding hydrogens is 224 g/mol. The Balaban J connectivity index is 2.90. The lowest BCUT2D eigenvalue weighted by molar-refractivity contribution is 0.103. The van der Waals surface area contributed by atoms with Crippen molar-refractivity contribution in [1.29, 1.82) is 0 Å². The lowest BCUT2D eigenvalue weighted by atomic mass is 10.3. The van der Waals surface area contributed by atoms with Crippen molar-refractivity contribution in [2.45, 2.75) is 0 Å². The standard InChI is InChI=1S/C7H5BrN2O2/c8-5-3-9-7(10-4-5)6(12)1-2-11/h1-4,11H. The fourth-order valence-electron chi connectivity index (χ4n) is 0.582. The zero-order valence-electron chi connectivity index (χ0n) is 5.94. The van der Waals surface area contributed by atoms with Gasteiger partial charge in [-0.25, -0.2) is 9.97 Å². The number of rotatable bonds is 2. The Morgan fingerprint density at radius 2 is 2.08 bits per heavy atom. The summed E-state index contributed by atoms with van der Waals surface area (Å²) in [6.45, 7) is 0. The number of aliphatic hydroxyl groups excluding tert-OH is 1. The number of halogens is 1. The van der Waals surface area contributed by atoms with Crippen molar-refractivity contribution in [3.8, 4) is 0 Å². The van der Waals surface area contributed by atoms with E-state index in [0.717, 1.165) is 6.08 Å². The number of aliphatic hydroxyl groups is 1. The molecule has 12 heavy (non-hydrogen) atoms. The number of hydrogen-bond donors (Lipinski definition) is 1. The van der Waals surface area contributed by atoms with Crippen molar-refractivity contribution in [3.05, 3.63) is 35.0 Å². The van der Waals surface area contributed by atoms with Crippen LogP contribution >= 0.6 is 15.9 Å². The van der Waals surface area contributed by atoms with Crippen molar-refractivity contribution in [2.75, 3.05) is 0 Å². The summed E-state index contributed by atoms with van der Waals surface area (Å²) in [5.41, 5.74) is 0. The number of nitrogens with zero attached hydrogens (tertiary/aromatic N) is 2. The molecule has 1 aromatic rings. The van der Waals surface area contributed by atoms with Crippen LogP contribution in [0.5, 0.6) is 0 Å². The molecule has 0 spiro atoms. The molecule has 0 radical (unpaired) electrons. The van der Waals surface area contributed by atoms with E-state index >= 15 is 0 Å². The van der Waals surface area contributed by atoms with Gasteiger partial charge in [-0.3, -0.25) is 4.79 Å². The molecule has 0 saturated carbocycles. The van der Waals surface area contributed by atoms with Gasteiger partial charge in [-0.05, 0) is 15.9 Å². The number of allylic oxidation sites excluding steroid dienone is 1. The maximum atomic E-state index is 11.0. The smallest absolute Gasteiger partial charge is 0.226 e. The average molecular weight is 229 g/mol. The van der Waals surface area contributed by atoms with Gasteiger partial charge in [0.1, 0.15) is 0 Å². The van der Waals surface area contributed by atoms with Gasteiger partial charge in [0.15, 0.2) is 0 Å². The monoisotopic (exact) mass is 228 g/mol. The molecule has 4 nitrogen and oxygen atoms in total. The zero-order valence-corrected chi connectivity index (χ0v) is 7.52. The minimum atomic E-state index is -0.426. The van der Waals surface area contributed by atoms with E-state index in [0.29, 0.717) is 10.7 Å². The van der Waals surface area contributed by atoms with E-state index in [1.165, 1.54) is 12.4 Å². The molecule has 0 fully saturated rings. The van der Waals surface area contributed by atoms with E-state index in [2.05, 4.69) is 25.9 Å². The maximum absolute atomic E-state index is 11.0. The second-order valence-electron chi connectivity index (χ2n) is 1.90. The number of carbonyl (C=O) groups is 1. The molecule has 0 aromatic carbocycles. The summed E-state index contributed by atoms with van der Waals surface area (Å²) >= 11 is 3.13. The van der Waals surface area contributed by atoms with Crippen molar-refractivity contribution in [3.63, 3.8) is 0 Å². The summed E-state index contributed by atoms with van der Waals surface area (Å²) in [5, 5.41) is 8.29. The minimum Gasteiger partial charge on any atom is -0.515 e. The normalized spacial score (nSPS) is 10.4. The van der Waals surface area contributed by atoms with E-state index in [1.807, 2.05) is 0 Å². The quantitative estimate of drug-likeness (QED) is 0.474. The molecular formula is C7H5BrN2O2. The first-order valence-electron chi connectivity index (χ1n) is 3.06. The molecule has 1 N–H and O–H groups in total. The van der Waals surface area contributed by atoms with Crippen LogP contribution in [0.15, 0.2) is 29.2 Å². The fraction of sp³-hybridized carbons (Fsp3) is 0. The predicted molar refractivity (Wildman–Crippen MR) is 45.8 cm³/mol. The largest absolute Gasteiger partial charge is 0.515 e. The highest BCUT2D eigenvalue weighted by Gasteiger charge is 2.03. The number of hydrogen-bond acceptors (Lipinski definition) is 4. The average Bonchev–Trinajstić information content (AvgIpc) is 2.06. The summed E-state index contributed by atoms with van der Waals surface area (Å²) in [5.74, 6) is -0.367. The van der Waals surface area contributed by atoms with Crippen LogP contribution in [0, 0.1) is 0 Å². The third-order valence-electron chi connectivity index (χ3n) is 1.07. The first-order valence-corrected chi connectivity index (χ1v) is 3.86. The molecule has 62 valence electrons. The van der Waals surface area contributed by atoms with Gasteiger partial charge in [-0.15, -0.1) is 0 Å². The summed E-state index contributed by atoms with van der Waals surface area (Å²) in [4.78, 5) is 18.4. The number of ketones is 1. The van der Waals surface area contributed by atoms with Crippen molar-refractivity contribution in [1.82, 2.24) is 9.97 Å². The third-order valence-corrected chi connectivity index (χ3v) is 1.48. The SMILES string of the molecule is O=C(C=CO)c1ncc(Br)cn1. The van der Waals surface area contributed by atoms with Crippen LogP contribution in [0.3, 0.4) is 0 Å². The van der Waals surface area contributed by atoms with Crippen LogP contribution < -0.4 is 0 Å². The van der Waals surface area contributed by atoms with Crippen molar-refractivity contribution >= 4 is 21.7 Å². The van der Waals surface area contributed by atoms with Gasteiger partial charge in [0.25, 0.3) is 0 Å². The Morgan fingerprint density at radius 3 is 2.58 bits per heavy atom. The van der Waals surface area contributed by atoms with Crippen LogP contribution in [0.25, 0.3) is 0 Å². The second-order valence-corrected chi connectivity index (χ2v) is 2.82. The van der Waals surface area contributed by atoms with Crippen molar-refractivity contribution < 1.29 is 9.90 Å². The molecule has 0 unspecified atom stereocenters. The first kappa shape index (κ1) is 8.86. The molecule has 5 heteroatoms. The predicted octanol–water partition coefficient (Wildman–Crippen LogP) is 1.49. The summed E-state index contributed by atoms with van der Waals surface area (Å²) in [7, 11) is 0. The molecule has 0 aliphatic carbocycles. The second kappa shape index (κ2) is 3.96. The Bertz CT molecular complexity index is 308. The topological polar surface area (TPSA) is 63.1 Å². The number of aromatic nitrogens is 2. The van der Waals surface area contributed by atoms with Gasteiger partial charge in [-0.1, -0.05) is 0 Å². The van der Waals surface area contributed by atoms with Crippen LogP contribution in [-0.2, 0) is 0 Å². The Morgan fingerprint density at radius 1 is 1.50 bits per heavy atom. The molecule has 0 bridgehead atoms. The highest BCUT2D eigenvalue weighted by atomic mass is 79.9. The van der Waals surface area contributed by atoms with Crippen LogP contribution in [0.2, 0.25) is 0 Å². The van der Waals surface area contributed by atoms with E-state index in [1.54, 1.807) is 0 Å². The third kappa shape index (κ3) is 2.13. The fourth-order valence-corrected chi connectivity index (χ4v) is 0.787. The molecule has 1 rings (SSSR count). The molecule has 1 heterocycles. The first-order chi connectivity index (χ1) is 5.74. The molecule has 0 atom stereocenters. The molecule has 0 aliphatic heterocycles. The van der Waals surface area contributed by atoms with Gasteiger partial charge in [0.05, 0.1) is 10.7 Å². The Hall–Kier alpha value is -1.23. The molecule has 1 aromatic heterocycles. The van der Waals surface area contributed by atoms with Crippen molar-refractivity contribution in [2.24, 2.45) is 0 Å². The lowest BCUT2D eigenvalue weighted by Gasteiger charge is -1.92. The summed E-state index contributed by atoms with van der Waals surface area (Å²) in [6.07, 6.45) is 4.58. The summed E-state index contributed by atoms with van der Waals surface area (Å²) in [6, 6.07) is 0. The molecule has 0 amide bonds. The van der Waals surface area contributed by atoms with Crippen LogP contribution in [-0.4, -0.2) is 20.9 Å². The van der Waals surface area contributed by atoms with Gasteiger partial charge in [-0.2, -0.15) is 0 Å². The van der Waals surface area contributed by atoms with Gasteiger partial charge >= 0.3 is 0 Å².